The van der Waals surface area contributed by atoms with Gasteiger partial charge in [-0.25, -0.2) is 15.0 Å². The number of nitrogens with zero attached hydrogens (tertiary/aromatic N) is 6. The molecule has 0 bridgehead atoms. The van der Waals surface area contributed by atoms with Gasteiger partial charge in [0.1, 0.15) is 6.07 Å². The molecule has 0 saturated carbocycles. The topological polar surface area (TPSA) is 72.3 Å². The molecule has 302 valence electrons. The number of hydrogen-bond acceptors (Lipinski definition) is 5. The van der Waals surface area contributed by atoms with Gasteiger partial charge in [-0.3, -0.25) is 0 Å². The molecular weight excluding hydrogens is 813 g/mol. The molecule has 0 spiro atoms. The average molecular weight is 847 g/mol. The fraction of sp³-hybridized carbons (Fsp3) is 0. The summed E-state index contributed by atoms with van der Waals surface area (Å²) in [6, 6.07) is 74.2. The zero-order valence-corrected chi connectivity index (χ0v) is 35.5. The Hall–Kier alpha value is -8.70. The molecule has 0 radical (unpaired) electrons. The van der Waals surface area contributed by atoms with Gasteiger partial charge in [-0.15, -0.1) is 11.3 Å². The van der Waals surface area contributed by atoms with E-state index in [1.165, 1.54) is 20.2 Å². The Kier molecular flexibility index (Phi) is 8.35. The molecule has 4 heterocycles. The van der Waals surface area contributed by atoms with Crippen molar-refractivity contribution in [2.75, 3.05) is 0 Å². The third-order valence-electron chi connectivity index (χ3n) is 12.6. The lowest BCUT2D eigenvalue weighted by Crippen LogP contribution is -2.02. The molecule has 7 heteroatoms. The van der Waals surface area contributed by atoms with Crippen molar-refractivity contribution in [3.63, 3.8) is 0 Å². The summed E-state index contributed by atoms with van der Waals surface area (Å²) in [5, 5.41) is 18.2. The fourth-order valence-electron chi connectivity index (χ4n) is 9.71. The van der Waals surface area contributed by atoms with Gasteiger partial charge in [0.2, 0.25) is 0 Å². The summed E-state index contributed by atoms with van der Waals surface area (Å²) >= 11 is 1.84. The van der Waals surface area contributed by atoms with Crippen LogP contribution in [0.2, 0.25) is 0 Å². The molecule has 0 aliphatic rings. The second kappa shape index (κ2) is 14.7. The summed E-state index contributed by atoms with van der Waals surface area (Å²) in [6.45, 7) is 0. The number of fused-ring (bicyclic) bond motifs is 10. The molecular formula is C58H34N6S. The predicted octanol–water partition coefficient (Wildman–Crippen LogP) is 15.0. The first kappa shape index (κ1) is 36.9. The highest BCUT2D eigenvalue weighted by Crippen LogP contribution is 2.45. The Balaban J connectivity index is 1.03. The molecule has 6 nitrogen and oxygen atoms in total. The lowest BCUT2D eigenvalue weighted by Gasteiger charge is -2.13. The standard InChI is InChI=1S/C58H34N6S/c59-35-41-34-40(58-61-56(37-17-5-2-6-18-37)60-57(62-58)39-20-13-19-38(33-39)36-15-3-1-4-16-36)29-31-47(41)64-48-25-10-7-21-42(48)44-30-32-50-53(54(44)64)46-23-8-11-26-49(46)63(50)51-27-14-24-45-43-22-9-12-28-52(43)65-55(45)51/h1-34H. The van der Waals surface area contributed by atoms with E-state index in [4.69, 9.17) is 15.0 Å². The summed E-state index contributed by atoms with van der Waals surface area (Å²) in [5.74, 6) is 1.61. The largest absolute Gasteiger partial charge is 0.308 e. The number of aromatic nitrogens is 5. The Bertz CT molecular complexity index is 4080. The summed E-state index contributed by atoms with van der Waals surface area (Å²) < 4.78 is 7.24. The lowest BCUT2D eigenvalue weighted by molar-refractivity contribution is 1.07. The van der Waals surface area contributed by atoms with Crippen LogP contribution in [0.15, 0.2) is 206 Å². The molecule has 0 unspecified atom stereocenters. The Morgan fingerprint density at radius 2 is 0.969 bits per heavy atom. The van der Waals surface area contributed by atoms with E-state index in [1.807, 2.05) is 84.1 Å². The monoisotopic (exact) mass is 846 g/mol. The van der Waals surface area contributed by atoms with Gasteiger partial charge in [0, 0.05) is 53.7 Å². The van der Waals surface area contributed by atoms with Crippen LogP contribution >= 0.6 is 11.3 Å². The molecule has 0 N–H and O–H groups in total. The average Bonchev–Trinajstić information content (AvgIpc) is 4.04. The summed E-state index contributed by atoms with van der Waals surface area (Å²) in [7, 11) is 0. The number of nitriles is 1. The van der Waals surface area contributed by atoms with Crippen molar-refractivity contribution in [2.24, 2.45) is 0 Å². The number of benzene rings is 9. The first-order valence-electron chi connectivity index (χ1n) is 21.6. The summed E-state index contributed by atoms with van der Waals surface area (Å²) in [5.41, 5.74) is 11.4. The van der Waals surface area contributed by atoms with Crippen molar-refractivity contribution in [2.45, 2.75) is 0 Å². The Morgan fingerprint density at radius 1 is 0.385 bits per heavy atom. The second-order valence-corrected chi connectivity index (χ2v) is 17.3. The van der Waals surface area contributed by atoms with Gasteiger partial charge in [0.15, 0.2) is 17.5 Å². The molecule has 0 fully saturated rings. The van der Waals surface area contributed by atoms with Crippen LogP contribution in [0.5, 0.6) is 0 Å². The van der Waals surface area contributed by atoms with E-state index in [0.29, 0.717) is 23.0 Å². The smallest absolute Gasteiger partial charge is 0.164 e. The number of hydrogen-bond donors (Lipinski definition) is 0. The molecule has 13 aromatic rings. The molecule has 65 heavy (non-hydrogen) atoms. The first-order valence-corrected chi connectivity index (χ1v) is 22.4. The van der Waals surface area contributed by atoms with E-state index in [0.717, 1.165) is 82.8 Å². The minimum atomic E-state index is 0.491. The van der Waals surface area contributed by atoms with Crippen LogP contribution in [0.3, 0.4) is 0 Å². The van der Waals surface area contributed by atoms with Crippen LogP contribution in [-0.4, -0.2) is 24.1 Å². The minimum Gasteiger partial charge on any atom is -0.308 e. The van der Waals surface area contributed by atoms with E-state index in [1.54, 1.807) is 0 Å². The predicted molar refractivity (Wildman–Crippen MR) is 268 cm³/mol. The molecule has 0 amide bonds. The molecule has 9 aromatic carbocycles. The van der Waals surface area contributed by atoms with Gasteiger partial charge in [0.25, 0.3) is 0 Å². The van der Waals surface area contributed by atoms with Crippen molar-refractivity contribution in [1.82, 2.24) is 24.1 Å². The minimum absolute atomic E-state index is 0.491. The first-order chi connectivity index (χ1) is 32.2. The molecule has 0 saturated heterocycles. The maximum Gasteiger partial charge on any atom is 0.164 e. The van der Waals surface area contributed by atoms with Gasteiger partial charge >= 0.3 is 0 Å². The van der Waals surface area contributed by atoms with Crippen molar-refractivity contribution >= 4 is 75.1 Å². The van der Waals surface area contributed by atoms with Crippen molar-refractivity contribution < 1.29 is 0 Å². The SMILES string of the molecule is N#Cc1cc(-c2nc(-c3ccccc3)nc(-c3cccc(-c4ccccc4)c3)n2)ccc1-n1c2ccccc2c2ccc3c(c4ccccc4n3-c3cccc4c3sc3ccccc34)c21. The number of rotatable bonds is 6. The lowest BCUT2D eigenvalue weighted by atomic mass is 10.0. The Morgan fingerprint density at radius 3 is 1.74 bits per heavy atom. The molecule has 13 rings (SSSR count). The molecule has 4 aromatic heterocycles. The van der Waals surface area contributed by atoms with Crippen LogP contribution in [-0.2, 0) is 0 Å². The molecule has 0 atom stereocenters. The van der Waals surface area contributed by atoms with Crippen molar-refractivity contribution in [3.8, 4) is 62.7 Å². The van der Waals surface area contributed by atoms with Gasteiger partial charge < -0.3 is 9.13 Å². The fourth-order valence-corrected chi connectivity index (χ4v) is 10.9. The van der Waals surface area contributed by atoms with Gasteiger partial charge in [-0.1, -0.05) is 152 Å². The highest BCUT2D eigenvalue weighted by molar-refractivity contribution is 7.26. The van der Waals surface area contributed by atoms with Crippen LogP contribution in [0.4, 0.5) is 0 Å². The van der Waals surface area contributed by atoms with Gasteiger partial charge in [-0.2, -0.15) is 5.26 Å². The summed E-state index contributed by atoms with van der Waals surface area (Å²) in [6.07, 6.45) is 0. The van der Waals surface area contributed by atoms with Crippen LogP contribution in [0, 0.1) is 11.3 Å². The van der Waals surface area contributed by atoms with Crippen LogP contribution in [0.1, 0.15) is 5.56 Å². The van der Waals surface area contributed by atoms with E-state index in [-0.39, 0.29) is 0 Å². The number of thiophene rings is 1. The Labute approximate surface area is 377 Å². The van der Waals surface area contributed by atoms with E-state index >= 15 is 0 Å². The van der Waals surface area contributed by atoms with E-state index in [2.05, 4.69) is 149 Å². The van der Waals surface area contributed by atoms with E-state index < -0.39 is 0 Å². The molecule has 0 aliphatic heterocycles. The van der Waals surface area contributed by atoms with E-state index in [9.17, 15) is 5.26 Å². The third-order valence-corrected chi connectivity index (χ3v) is 13.8. The quantitative estimate of drug-likeness (QED) is 0.167. The zero-order chi connectivity index (χ0) is 43.0. The maximum atomic E-state index is 11.1. The summed E-state index contributed by atoms with van der Waals surface area (Å²) in [4.78, 5) is 15.2. The van der Waals surface area contributed by atoms with Gasteiger partial charge in [-0.05, 0) is 65.7 Å². The van der Waals surface area contributed by atoms with Gasteiger partial charge in [0.05, 0.1) is 43.7 Å². The number of para-hydroxylation sites is 2. The third kappa shape index (κ3) is 5.82. The second-order valence-electron chi connectivity index (χ2n) is 16.3. The normalized spacial score (nSPS) is 11.7. The van der Waals surface area contributed by atoms with Crippen molar-refractivity contribution in [1.29, 1.82) is 5.26 Å². The van der Waals surface area contributed by atoms with Crippen LogP contribution in [0.25, 0.3) is 120 Å². The van der Waals surface area contributed by atoms with Crippen molar-refractivity contribution in [3.05, 3.63) is 212 Å². The highest BCUT2D eigenvalue weighted by Gasteiger charge is 2.24. The highest BCUT2D eigenvalue weighted by atomic mass is 32.1. The molecule has 0 aliphatic carbocycles. The maximum absolute atomic E-state index is 11.1. The zero-order valence-electron chi connectivity index (χ0n) is 34.7. The van der Waals surface area contributed by atoms with Crippen LogP contribution < -0.4 is 0 Å².